The number of carbonyl (C=O) groups is 2. The number of aromatic nitrogens is 5. The normalized spacial score (nSPS) is 10.1. The Kier molecular flexibility index (Phi) is 7.36. The van der Waals surface area contributed by atoms with E-state index in [1.54, 1.807) is 30.9 Å². The number of benzene rings is 1. The minimum absolute atomic E-state index is 0.0990. The van der Waals surface area contributed by atoms with Crippen molar-refractivity contribution in [3.8, 4) is 0 Å². The summed E-state index contributed by atoms with van der Waals surface area (Å²) in [6.07, 6.45) is 5.29. The van der Waals surface area contributed by atoms with Gasteiger partial charge in [0.05, 0.1) is 6.33 Å². The van der Waals surface area contributed by atoms with Gasteiger partial charge in [-0.2, -0.15) is 5.10 Å². The summed E-state index contributed by atoms with van der Waals surface area (Å²) < 4.78 is 5.30. The maximum absolute atomic E-state index is 10.7. The highest BCUT2D eigenvalue weighted by Crippen LogP contribution is 2.20. The minimum atomic E-state index is -0.490. The molecule has 0 fully saturated rings. The van der Waals surface area contributed by atoms with Crippen LogP contribution >= 0.6 is 0 Å². The summed E-state index contributed by atoms with van der Waals surface area (Å²) in [6, 6.07) is 8.19. The van der Waals surface area contributed by atoms with Crippen LogP contribution in [0.25, 0.3) is 10.9 Å². The lowest BCUT2D eigenvalue weighted by Gasteiger charge is -2.01. The van der Waals surface area contributed by atoms with E-state index in [1.807, 2.05) is 0 Å². The summed E-state index contributed by atoms with van der Waals surface area (Å²) in [5, 5.41) is 5.12. The molecule has 0 radical (unpaired) electrons. The van der Waals surface area contributed by atoms with Crippen molar-refractivity contribution in [2.24, 2.45) is 26.9 Å². The number of nitrogen functional groups attached to an aromatic ring is 1. The molecule has 9 nitrogen and oxygen atoms in total. The first-order valence-electron chi connectivity index (χ1n) is 9.60. The molecule has 0 saturated heterocycles. The second-order valence-corrected chi connectivity index (χ2v) is 7.33. The zero-order valence-electron chi connectivity index (χ0n) is 18.7. The largest absolute Gasteiger partial charge is 0.383 e. The third kappa shape index (κ3) is 5.81. The quantitative estimate of drug-likeness (QED) is 0.479. The second kappa shape index (κ2) is 9.75. The van der Waals surface area contributed by atoms with Crippen LogP contribution < -0.4 is 11.5 Å². The van der Waals surface area contributed by atoms with Crippen molar-refractivity contribution in [2.45, 2.75) is 20.8 Å². The van der Waals surface area contributed by atoms with Gasteiger partial charge in [-0.1, -0.05) is 6.07 Å². The molecule has 0 atom stereocenters. The molecule has 0 aliphatic rings. The third-order valence-corrected chi connectivity index (χ3v) is 4.64. The number of ketones is 1. The topological polar surface area (TPSA) is 127 Å². The first-order valence-corrected chi connectivity index (χ1v) is 9.60. The molecule has 4 aromatic rings. The molecular formula is C22H29N7O2. The van der Waals surface area contributed by atoms with E-state index < -0.39 is 5.91 Å². The Bertz CT molecular complexity index is 1210. The monoisotopic (exact) mass is 423 g/mol. The number of primary amides is 1. The van der Waals surface area contributed by atoms with Crippen molar-refractivity contribution in [2.75, 3.05) is 5.73 Å². The Morgan fingerprint density at radius 2 is 1.68 bits per heavy atom. The molecule has 164 valence electrons. The average Bonchev–Trinajstić information content (AvgIpc) is 3.37. The van der Waals surface area contributed by atoms with E-state index >= 15 is 0 Å². The summed E-state index contributed by atoms with van der Waals surface area (Å²) in [6.45, 7) is 5.74. The molecule has 0 spiro atoms. The van der Waals surface area contributed by atoms with Gasteiger partial charge in [-0.15, -0.1) is 0 Å². The van der Waals surface area contributed by atoms with Crippen LogP contribution in [0.4, 0.5) is 5.82 Å². The van der Waals surface area contributed by atoms with Gasteiger partial charge in [0.25, 0.3) is 5.91 Å². The zero-order valence-corrected chi connectivity index (χ0v) is 18.7. The summed E-state index contributed by atoms with van der Waals surface area (Å²) in [4.78, 5) is 24.9. The molecule has 0 bridgehead atoms. The molecule has 4 rings (SSSR count). The smallest absolute Gasteiger partial charge is 0.269 e. The number of imidazole rings is 1. The first kappa shape index (κ1) is 23.4. The Hall–Kier alpha value is -3.88. The maximum Gasteiger partial charge on any atom is 0.269 e. The molecular weight excluding hydrogens is 394 g/mol. The van der Waals surface area contributed by atoms with Crippen LogP contribution in [0.5, 0.6) is 0 Å². The van der Waals surface area contributed by atoms with Crippen molar-refractivity contribution in [3.05, 3.63) is 65.5 Å². The second-order valence-electron chi connectivity index (χ2n) is 7.33. The number of hydrogen-bond acceptors (Lipinski definition) is 5. The fourth-order valence-electron chi connectivity index (χ4n) is 2.99. The van der Waals surface area contributed by atoms with Gasteiger partial charge < -0.3 is 20.6 Å². The standard InChI is InChI=1S/C11H13N.C6H9N3O.C5H7N3O/c1-8-6-9(2)10-4-5-12(3)11(10)7-8;1-4(10)5-6(7)9(2)3-8-5;1-8-3-2-4(7-8)5(6)9/h4-7H,1-3H3;3H,7H2,1-2H3;2-3H,1H3,(H2,6,9). The van der Waals surface area contributed by atoms with E-state index in [-0.39, 0.29) is 5.78 Å². The van der Waals surface area contributed by atoms with E-state index in [9.17, 15) is 9.59 Å². The molecule has 3 heterocycles. The van der Waals surface area contributed by atoms with Crippen molar-refractivity contribution in [3.63, 3.8) is 0 Å². The van der Waals surface area contributed by atoms with Gasteiger partial charge in [-0.05, 0) is 43.2 Å². The number of carbonyl (C=O) groups excluding carboxylic acids is 2. The van der Waals surface area contributed by atoms with Crippen molar-refractivity contribution >= 4 is 28.4 Å². The number of rotatable bonds is 2. The highest BCUT2D eigenvalue weighted by atomic mass is 16.1. The molecule has 3 aromatic heterocycles. The number of anilines is 1. The molecule has 0 aliphatic heterocycles. The molecule has 0 unspecified atom stereocenters. The Labute approximate surface area is 181 Å². The van der Waals surface area contributed by atoms with Gasteiger partial charge in [-0.25, -0.2) is 4.98 Å². The van der Waals surface area contributed by atoms with Gasteiger partial charge in [0.15, 0.2) is 5.78 Å². The summed E-state index contributed by atoms with van der Waals surface area (Å²) in [5.74, 6) is -0.166. The van der Waals surface area contributed by atoms with Crippen LogP contribution in [0.1, 0.15) is 39.0 Å². The lowest BCUT2D eigenvalue weighted by atomic mass is 10.1. The van der Waals surface area contributed by atoms with Crippen molar-refractivity contribution in [1.29, 1.82) is 0 Å². The first-order chi connectivity index (χ1) is 14.5. The van der Waals surface area contributed by atoms with Crippen LogP contribution in [-0.2, 0) is 21.1 Å². The van der Waals surface area contributed by atoms with Crippen LogP contribution in [0.15, 0.2) is 43.0 Å². The van der Waals surface area contributed by atoms with E-state index in [0.29, 0.717) is 17.2 Å². The van der Waals surface area contributed by atoms with Gasteiger partial charge in [0.1, 0.15) is 17.2 Å². The predicted octanol–water partition coefficient (Wildman–Crippen LogP) is 2.52. The van der Waals surface area contributed by atoms with Gasteiger partial charge >= 0.3 is 0 Å². The van der Waals surface area contributed by atoms with Crippen molar-refractivity contribution < 1.29 is 9.59 Å². The third-order valence-electron chi connectivity index (χ3n) is 4.64. The fraction of sp³-hybridized carbons (Fsp3) is 0.273. The van der Waals surface area contributed by atoms with Gasteiger partial charge in [-0.3, -0.25) is 14.3 Å². The molecule has 4 N–H and O–H groups in total. The fourth-order valence-corrected chi connectivity index (χ4v) is 2.99. The van der Waals surface area contributed by atoms with Crippen LogP contribution in [0.3, 0.4) is 0 Å². The molecule has 31 heavy (non-hydrogen) atoms. The lowest BCUT2D eigenvalue weighted by Crippen LogP contribution is -2.11. The summed E-state index contributed by atoms with van der Waals surface area (Å²) in [5.41, 5.74) is 15.1. The number of fused-ring (bicyclic) bond motifs is 1. The Morgan fingerprint density at radius 3 is 2.10 bits per heavy atom. The average molecular weight is 424 g/mol. The number of hydrogen-bond donors (Lipinski definition) is 2. The van der Waals surface area contributed by atoms with Gasteiger partial charge in [0.2, 0.25) is 0 Å². The van der Waals surface area contributed by atoms with E-state index in [1.165, 1.54) is 40.0 Å². The number of aryl methyl sites for hydroxylation is 5. The molecule has 9 heteroatoms. The zero-order chi connectivity index (χ0) is 23.3. The molecule has 1 aromatic carbocycles. The van der Waals surface area contributed by atoms with Crippen LogP contribution in [-0.4, -0.2) is 35.6 Å². The maximum atomic E-state index is 10.7. The molecule has 0 aliphatic carbocycles. The summed E-state index contributed by atoms with van der Waals surface area (Å²) in [7, 11) is 5.56. The van der Waals surface area contributed by atoms with Crippen LogP contribution in [0, 0.1) is 13.8 Å². The van der Waals surface area contributed by atoms with Gasteiger partial charge in [0, 0.05) is 51.4 Å². The Balaban J connectivity index is 0.000000167. The summed E-state index contributed by atoms with van der Waals surface area (Å²) >= 11 is 0. The Morgan fingerprint density at radius 1 is 1.00 bits per heavy atom. The number of Topliss-reactive ketones (excluding diaryl/α,β-unsaturated/α-hetero) is 1. The molecule has 1 amide bonds. The number of amides is 1. The lowest BCUT2D eigenvalue weighted by molar-refractivity contribution is 0.0991. The molecule has 0 saturated carbocycles. The SMILES string of the molecule is CC(=O)c1ncn(C)c1N.Cc1cc(C)c2ccn(C)c2c1.Cn1ccc(C(N)=O)n1. The highest BCUT2D eigenvalue weighted by molar-refractivity contribution is 5.96. The number of nitrogens with two attached hydrogens (primary N) is 2. The van der Waals surface area contributed by atoms with E-state index in [4.69, 9.17) is 11.5 Å². The van der Waals surface area contributed by atoms with E-state index in [2.05, 4.69) is 59.9 Å². The predicted molar refractivity (Wildman–Crippen MR) is 122 cm³/mol. The number of nitrogens with zero attached hydrogens (tertiary/aromatic N) is 5. The highest BCUT2D eigenvalue weighted by Gasteiger charge is 2.08. The van der Waals surface area contributed by atoms with Crippen molar-refractivity contribution in [1.82, 2.24) is 23.9 Å². The van der Waals surface area contributed by atoms with Crippen LogP contribution in [0.2, 0.25) is 0 Å². The van der Waals surface area contributed by atoms with E-state index in [0.717, 1.165) is 0 Å². The minimum Gasteiger partial charge on any atom is -0.383 e.